The van der Waals surface area contributed by atoms with Crippen LogP contribution in [0.25, 0.3) is 0 Å². The Balaban J connectivity index is 1.38. The third-order valence-electron chi connectivity index (χ3n) is 7.53. The number of phosphoric ester groups is 1. The fourth-order valence-electron chi connectivity index (χ4n) is 5.10. The molecule has 1 saturated heterocycles. The topological polar surface area (TPSA) is 161 Å². The number of phosphoric acid groups is 1. The molecular formula is C36H31N2O11P. The molecule has 4 aromatic carbocycles. The maximum Gasteiger partial charge on any atom is 0.587 e. The predicted molar refractivity (Wildman–Crippen MR) is 179 cm³/mol. The zero-order chi connectivity index (χ0) is 35.1. The van der Waals surface area contributed by atoms with E-state index in [9.17, 15) is 23.7 Å². The summed E-state index contributed by atoms with van der Waals surface area (Å²) in [5.74, 6) is -1.27. The van der Waals surface area contributed by atoms with Gasteiger partial charge in [0, 0.05) is 11.8 Å². The Morgan fingerprint density at radius 2 is 1.18 bits per heavy atom. The van der Waals surface area contributed by atoms with E-state index in [4.69, 9.17) is 27.8 Å². The van der Waals surface area contributed by atoms with Gasteiger partial charge in [0.15, 0.2) is 18.4 Å². The van der Waals surface area contributed by atoms with E-state index in [0.29, 0.717) is 0 Å². The summed E-state index contributed by atoms with van der Waals surface area (Å²) in [5.41, 5.74) is -1.03. The number of ether oxygens (including phenoxy) is 3. The average Bonchev–Trinajstić information content (AvgIpc) is 3.46. The highest BCUT2D eigenvalue weighted by atomic mass is 31.2. The Bertz CT molecular complexity index is 2050. The Morgan fingerprint density at radius 3 is 1.68 bits per heavy atom. The van der Waals surface area contributed by atoms with E-state index in [0.717, 1.165) is 4.57 Å². The van der Waals surface area contributed by atoms with Crippen molar-refractivity contribution in [2.75, 3.05) is 6.61 Å². The van der Waals surface area contributed by atoms with Gasteiger partial charge in [0.2, 0.25) is 0 Å². The first kappa shape index (κ1) is 34.1. The molecule has 1 fully saturated rings. The van der Waals surface area contributed by atoms with Gasteiger partial charge in [-0.05, 0) is 55.5 Å². The Morgan fingerprint density at radius 1 is 0.720 bits per heavy atom. The first-order chi connectivity index (χ1) is 24.2. The van der Waals surface area contributed by atoms with Crippen molar-refractivity contribution in [3.63, 3.8) is 0 Å². The van der Waals surface area contributed by atoms with Gasteiger partial charge < -0.3 is 23.3 Å². The normalized spacial score (nSPS) is 18.6. The number of rotatable bonds is 12. The van der Waals surface area contributed by atoms with Crippen molar-refractivity contribution in [2.45, 2.75) is 31.5 Å². The molecule has 1 N–H and O–H groups in total. The van der Waals surface area contributed by atoms with Crippen molar-refractivity contribution in [1.82, 2.24) is 9.55 Å². The van der Waals surface area contributed by atoms with Gasteiger partial charge in [-0.25, -0.2) is 18.9 Å². The van der Waals surface area contributed by atoms with Crippen LogP contribution in [-0.4, -0.2) is 46.4 Å². The largest absolute Gasteiger partial charge is 0.587 e. The zero-order valence-electron chi connectivity index (χ0n) is 26.5. The van der Waals surface area contributed by atoms with Gasteiger partial charge in [-0.2, -0.15) is 0 Å². The van der Waals surface area contributed by atoms with Crippen LogP contribution in [-0.2, 0) is 23.3 Å². The van der Waals surface area contributed by atoms with Crippen molar-refractivity contribution in [3.05, 3.63) is 165 Å². The molecule has 13 nitrogen and oxygen atoms in total. The Kier molecular flexibility index (Phi) is 10.4. The lowest BCUT2D eigenvalue weighted by molar-refractivity contribution is -0.0595. The molecule has 0 unspecified atom stereocenters. The summed E-state index contributed by atoms with van der Waals surface area (Å²) in [6.45, 7) is 0.872. The smallest absolute Gasteiger partial charge is 0.452 e. The standard InChI is InChI=1S/C36H31N2O11P/c1-24-22-38(36(42)37-32(24)39)33-31(47-35(41)26-16-8-3-9-17-26)30(46-34(40)25-14-6-2-7-15-25)29(45-33)23-44-50(43,48-27-18-10-4-11-19-27)49-28-20-12-5-13-21-28/h2-22,29-31,33H,23H2,1H3,(H,37,39,42)/t29-,30-,31-,33-/m1/s1. The van der Waals surface area contributed by atoms with Crippen LogP contribution in [0.15, 0.2) is 137 Å². The Labute approximate surface area is 285 Å². The molecule has 50 heavy (non-hydrogen) atoms. The predicted octanol–water partition coefficient (Wildman–Crippen LogP) is 5.48. The highest BCUT2D eigenvalue weighted by molar-refractivity contribution is 7.49. The van der Waals surface area contributed by atoms with Gasteiger partial charge in [-0.3, -0.25) is 18.9 Å². The van der Waals surface area contributed by atoms with E-state index < -0.39 is 62.2 Å². The van der Waals surface area contributed by atoms with Crippen LogP contribution in [0.1, 0.15) is 32.5 Å². The van der Waals surface area contributed by atoms with Gasteiger partial charge in [-0.1, -0.05) is 72.8 Å². The summed E-state index contributed by atoms with van der Waals surface area (Å²) >= 11 is 0. The number of hydrogen-bond donors (Lipinski definition) is 1. The van der Waals surface area contributed by atoms with Crippen LogP contribution in [0.2, 0.25) is 0 Å². The number of hydrogen-bond acceptors (Lipinski definition) is 11. The summed E-state index contributed by atoms with van der Waals surface area (Å²) in [6.07, 6.45) is -4.46. The van der Waals surface area contributed by atoms with Crippen molar-refractivity contribution < 1.29 is 41.9 Å². The molecule has 0 bridgehead atoms. The summed E-state index contributed by atoms with van der Waals surface area (Å²) < 4.78 is 50.6. The molecule has 0 aliphatic carbocycles. The van der Waals surface area contributed by atoms with E-state index in [1.54, 1.807) is 97.1 Å². The molecule has 0 saturated carbocycles. The van der Waals surface area contributed by atoms with Gasteiger partial charge in [0.1, 0.15) is 17.6 Å². The van der Waals surface area contributed by atoms with Crippen LogP contribution in [0.3, 0.4) is 0 Å². The lowest BCUT2D eigenvalue weighted by Crippen LogP contribution is -2.43. The monoisotopic (exact) mass is 698 g/mol. The van der Waals surface area contributed by atoms with Gasteiger partial charge in [-0.15, -0.1) is 0 Å². The second-order valence-corrected chi connectivity index (χ2v) is 12.6. The number of esters is 2. The van der Waals surface area contributed by atoms with Gasteiger partial charge in [0.05, 0.1) is 17.7 Å². The third kappa shape index (κ3) is 8.09. The average molecular weight is 699 g/mol. The van der Waals surface area contributed by atoms with Crippen LogP contribution < -0.4 is 20.3 Å². The number of benzene rings is 4. The fourth-order valence-corrected chi connectivity index (χ4v) is 6.33. The number of nitrogens with zero attached hydrogens (tertiary/aromatic N) is 1. The molecular weight excluding hydrogens is 667 g/mol. The molecule has 4 atom stereocenters. The highest BCUT2D eigenvalue weighted by Crippen LogP contribution is 2.50. The number of carbonyl (C=O) groups is 2. The van der Waals surface area contributed by atoms with Crippen molar-refractivity contribution >= 4 is 19.8 Å². The summed E-state index contributed by atoms with van der Waals surface area (Å²) in [6, 6.07) is 32.5. The molecule has 0 spiro atoms. The van der Waals surface area contributed by atoms with Crippen LogP contribution >= 0.6 is 7.82 Å². The maximum absolute atomic E-state index is 14.2. The number of carbonyl (C=O) groups excluding carboxylic acids is 2. The summed E-state index contributed by atoms with van der Waals surface area (Å²) in [7, 11) is -4.49. The molecule has 0 amide bonds. The molecule has 1 aliphatic heterocycles. The summed E-state index contributed by atoms with van der Waals surface area (Å²) in [5, 5.41) is 0. The third-order valence-corrected chi connectivity index (χ3v) is 8.86. The number of aromatic amines is 1. The second-order valence-electron chi connectivity index (χ2n) is 11.1. The fraction of sp³-hybridized carbons (Fsp3) is 0.167. The van der Waals surface area contributed by atoms with Gasteiger partial charge in [0.25, 0.3) is 5.56 Å². The first-order valence-electron chi connectivity index (χ1n) is 15.4. The zero-order valence-corrected chi connectivity index (χ0v) is 27.4. The SMILES string of the molecule is Cc1cn([C@@H]2O[C@H](COP(=O)(Oc3ccccc3)Oc3ccccc3)[C@@H](OC(=O)c3ccccc3)[C@H]2OC(=O)c2ccccc2)c(=O)[nH]c1=O. The number of aryl methyl sites for hydroxylation is 1. The minimum atomic E-state index is -4.49. The van der Waals surface area contributed by atoms with Crippen LogP contribution in [0, 0.1) is 6.92 Å². The minimum absolute atomic E-state index is 0.149. The van der Waals surface area contributed by atoms with Crippen molar-refractivity contribution in [2.24, 2.45) is 0 Å². The number of aromatic nitrogens is 2. The Hall–Kier alpha value is -5.75. The van der Waals surface area contributed by atoms with E-state index >= 15 is 0 Å². The number of nitrogens with one attached hydrogen (secondary N) is 1. The molecule has 6 rings (SSSR count). The summed E-state index contributed by atoms with van der Waals surface area (Å²) in [4.78, 5) is 54.5. The number of H-pyrrole nitrogens is 1. The number of para-hydroxylation sites is 2. The molecule has 14 heteroatoms. The van der Waals surface area contributed by atoms with Crippen molar-refractivity contribution in [3.8, 4) is 11.5 Å². The van der Waals surface area contributed by atoms with Crippen molar-refractivity contribution in [1.29, 1.82) is 0 Å². The molecule has 5 aromatic rings. The lowest BCUT2D eigenvalue weighted by Gasteiger charge is -2.25. The van der Waals surface area contributed by atoms with E-state index in [-0.39, 0.29) is 28.2 Å². The molecule has 2 heterocycles. The first-order valence-corrected chi connectivity index (χ1v) is 16.9. The second kappa shape index (κ2) is 15.2. The maximum atomic E-state index is 14.2. The van der Waals surface area contributed by atoms with Crippen LogP contribution in [0.4, 0.5) is 0 Å². The van der Waals surface area contributed by atoms with E-state index in [1.165, 1.54) is 37.4 Å². The lowest BCUT2D eigenvalue weighted by atomic mass is 10.1. The van der Waals surface area contributed by atoms with E-state index in [2.05, 4.69) is 4.98 Å². The molecule has 1 aromatic heterocycles. The highest BCUT2D eigenvalue weighted by Gasteiger charge is 2.52. The quantitative estimate of drug-likeness (QED) is 0.130. The van der Waals surface area contributed by atoms with Gasteiger partial charge >= 0.3 is 25.5 Å². The molecule has 1 aliphatic rings. The van der Waals surface area contributed by atoms with Crippen LogP contribution in [0.5, 0.6) is 11.5 Å². The molecule has 256 valence electrons. The van der Waals surface area contributed by atoms with E-state index in [1.807, 2.05) is 0 Å². The minimum Gasteiger partial charge on any atom is -0.452 e. The molecule has 0 radical (unpaired) electrons.